The second-order valence-electron chi connectivity index (χ2n) is 6.26. The molecule has 25 heavy (non-hydrogen) atoms. The van der Waals surface area contributed by atoms with Gasteiger partial charge in [0.05, 0.1) is 36.6 Å². The summed E-state index contributed by atoms with van der Waals surface area (Å²) in [7, 11) is 0. The summed E-state index contributed by atoms with van der Waals surface area (Å²) in [4.78, 5) is 19.2. The number of carbonyl (C=O) groups is 1. The second kappa shape index (κ2) is 7.65. The van der Waals surface area contributed by atoms with Crippen LogP contribution >= 0.6 is 11.3 Å². The number of ether oxygens (including phenoxy) is 2. The maximum Gasteiger partial charge on any atom is 0.226 e. The van der Waals surface area contributed by atoms with Crippen LogP contribution in [0.25, 0.3) is 10.2 Å². The number of carbonyl (C=O) groups excluding carboxylic acids is 1. The number of aromatic nitrogens is 1. The fourth-order valence-electron chi connectivity index (χ4n) is 3.07. The van der Waals surface area contributed by atoms with Crippen molar-refractivity contribution in [2.75, 3.05) is 56.3 Å². The third-order valence-corrected chi connectivity index (χ3v) is 5.45. The van der Waals surface area contributed by atoms with E-state index in [1.165, 1.54) is 0 Å². The molecule has 7 nitrogen and oxygen atoms in total. The van der Waals surface area contributed by atoms with E-state index in [1.54, 1.807) is 11.3 Å². The smallest absolute Gasteiger partial charge is 0.226 e. The molecule has 1 atom stereocenters. The van der Waals surface area contributed by atoms with Crippen molar-refractivity contribution in [3.05, 3.63) is 18.2 Å². The van der Waals surface area contributed by atoms with Crippen LogP contribution < -0.4 is 15.5 Å². The number of morpholine rings is 2. The number of benzene rings is 1. The van der Waals surface area contributed by atoms with Crippen LogP contribution in [0.4, 0.5) is 10.8 Å². The van der Waals surface area contributed by atoms with E-state index in [2.05, 4.69) is 15.5 Å². The van der Waals surface area contributed by atoms with Crippen molar-refractivity contribution in [3.8, 4) is 0 Å². The van der Waals surface area contributed by atoms with E-state index in [9.17, 15) is 4.79 Å². The maximum absolute atomic E-state index is 12.2. The molecule has 2 aromatic rings. The molecular weight excluding hydrogens is 340 g/mol. The van der Waals surface area contributed by atoms with Gasteiger partial charge >= 0.3 is 0 Å². The van der Waals surface area contributed by atoms with Crippen molar-refractivity contribution in [2.45, 2.75) is 12.5 Å². The summed E-state index contributed by atoms with van der Waals surface area (Å²) in [5.41, 5.74) is 1.78. The molecule has 1 unspecified atom stereocenters. The van der Waals surface area contributed by atoms with Crippen molar-refractivity contribution < 1.29 is 14.3 Å². The Bertz CT molecular complexity index is 739. The van der Waals surface area contributed by atoms with Gasteiger partial charge in [0.15, 0.2) is 5.13 Å². The average molecular weight is 362 g/mol. The van der Waals surface area contributed by atoms with Crippen LogP contribution in [-0.2, 0) is 14.3 Å². The number of amides is 1. The van der Waals surface area contributed by atoms with Crippen molar-refractivity contribution in [3.63, 3.8) is 0 Å². The number of anilines is 2. The molecule has 4 rings (SSSR count). The van der Waals surface area contributed by atoms with Crippen molar-refractivity contribution in [2.24, 2.45) is 0 Å². The van der Waals surface area contributed by atoms with Crippen LogP contribution in [-0.4, -0.2) is 63.0 Å². The zero-order chi connectivity index (χ0) is 17.1. The van der Waals surface area contributed by atoms with Gasteiger partial charge in [0.1, 0.15) is 0 Å². The fourth-order valence-corrected chi connectivity index (χ4v) is 4.12. The minimum atomic E-state index is 0.000248. The van der Waals surface area contributed by atoms with E-state index in [0.29, 0.717) is 19.6 Å². The van der Waals surface area contributed by atoms with Gasteiger partial charge in [-0.15, -0.1) is 0 Å². The lowest BCUT2D eigenvalue weighted by atomic mass is 10.2. The van der Waals surface area contributed by atoms with Crippen LogP contribution in [0.5, 0.6) is 0 Å². The Labute approximate surface area is 150 Å². The molecular formula is C17H22N4O3S. The number of nitrogens with zero attached hydrogens (tertiary/aromatic N) is 2. The van der Waals surface area contributed by atoms with Gasteiger partial charge in [-0.3, -0.25) is 4.79 Å². The minimum absolute atomic E-state index is 0.000248. The molecule has 2 fully saturated rings. The van der Waals surface area contributed by atoms with Crippen LogP contribution in [0.3, 0.4) is 0 Å². The van der Waals surface area contributed by atoms with Gasteiger partial charge in [-0.2, -0.15) is 0 Å². The SMILES string of the molecule is O=C(CC1COCCN1)Nc1ccc2nc(N3CCOCC3)sc2c1. The van der Waals surface area contributed by atoms with E-state index in [0.717, 1.165) is 53.9 Å². The Kier molecular flexibility index (Phi) is 5.12. The summed E-state index contributed by atoms with van der Waals surface area (Å²) in [5.74, 6) is 0.000248. The molecule has 0 aliphatic carbocycles. The molecule has 0 saturated carbocycles. The Morgan fingerprint density at radius 1 is 1.32 bits per heavy atom. The molecule has 2 aliphatic rings. The number of hydrogen-bond acceptors (Lipinski definition) is 7. The molecule has 1 aromatic carbocycles. The molecule has 1 amide bonds. The van der Waals surface area contributed by atoms with Gasteiger partial charge in [-0.05, 0) is 18.2 Å². The summed E-state index contributed by atoms with van der Waals surface area (Å²) >= 11 is 1.66. The third-order valence-electron chi connectivity index (χ3n) is 4.37. The van der Waals surface area contributed by atoms with Crippen LogP contribution in [0.2, 0.25) is 0 Å². The van der Waals surface area contributed by atoms with E-state index >= 15 is 0 Å². The van der Waals surface area contributed by atoms with Crippen molar-refractivity contribution in [1.82, 2.24) is 10.3 Å². The van der Waals surface area contributed by atoms with Crippen LogP contribution in [0.1, 0.15) is 6.42 Å². The molecule has 3 heterocycles. The predicted molar refractivity (Wildman–Crippen MR) is 98.5 cm³/mol. The number of rotatable bonds is 4. The summed E-state index contributed by atoms with van der Waals surface area (Å²) in [6.45, 7) is 5.34. The summed E-state index contributed by atoms with van der Waals surface area (Å²) in [6, 6.07) is 5.97. The molecule has 0 bridgehead atoms. The first kappa shape index (κ1) is 16.7. The van der Waals surface area contributed by atoms with E-state index in [-0.39, 0.29) is 11.9 Å². The van der Waals surface area contributed by atoms with E-state index in [4.69, 9.17) is 14.5 Å². The Morgan fingerprint density at radius 2 is 2.20 bits per heavy atom. The molecule has 2 saturated heterocycles. The highest BCUT2D eigenvalue weighted by Gasteiger charge is 2.18. The van der Waals surface area contributed by atoms with Crippen molar-refractivity contribution in [1.29, 1.82) is 0 Å². The molecule has 1 aromatic heterocycles. The average Bonchev–Trinajstić information content (AvgIpc) is 3.06. The largest absolute Gasteiger partial charge is 0.378 e. The summed E-state index contributed by atoms with van der Waals surface area (Å²) in [5, 5.41) is 7.30. The first-order chi connectivity index (χ1) is 12.3. The molecule has 2 aliphatic heterocycles. The minimum Gasteiger partial charge on any atom is -0.378 e. The lowest BCUT2D eigenvalue weighted by molar-refractivity contribution is -0.117. The Morgan fingerprint density at radius 3 is 3.00 bits per heavy atom. The monoisotopic (exact) mass is 362 g/mol. The molecule has 0 spiro atoms. The topological polar surface area (TPSA) is 75.7 Å². The molecule has 8 heteroatoms. The van der Waals surface area contributed by atoms with Gasteiger partial charge < -0.3 is 25.0 Å². The summed E-state index contributed by atoms with van der Waals surface area (Å²) < 4.78 is 11.9. The van der Waals surface area contributed by atoms with Crippen LogP contribution in [0.15, 0.2) is 18.2 Å². The lowest BCUT2D eigenvalue weighted by Crippen LogP contribution is -2.43. The van der Waals surface area contributed by atoms with Gasteiger partial charge in [0.2, 0.25) is 5.91 Å². The number of fused-ring (bicyclic) bond motifs is 1. The zero-order valence-corrected chi connectivity index (χ0v) is 14.8. The maximum atomic E-state index is 12.2. The summed E-state index contributed by atoms with van der Waals surface area (Å²) in [6.07, 6.45) is 0.416. The first-order valence-electron chi connectivity index (χ1n) is 8.62. The number of thiazole rings is 1. The van der Waals surface area contributed by atoms with Gasteiger partial charge in [-0.1, -0.05) is 11.3 Å². The highest BCUT2D eigenvalue weighted by atomic mass is 32.1. The van der Waals surface area contributed by atoms with E-state index < -0.39 is 0 Å². The highest BCUT2D eigenvalue weighted by molar-refractivity contribution is 7.22. The fraction of sp³-hybridized carbons (Fsp3) is 0.529. The Hall–Kier alpha value is -1.74. The first-order valence-corrected chi connectivity index (χ1v) is 9.44. The standard InChI is InChI=1S/C17H22N4O3S/c22-16(10-13-11-24-6-3-18-13)19-12-1-2-14-15(9-12)25-17(20-14)21-4-7-23-8-5-21/h1-2,9,13,18H,3-8,10-11H2,(H,19,22). The lowest BCUT2D eigenvalue weighted by Gasteiger charge is -2.25. The molecule has 134 valence electrons. The second-order valence-corrected chi connectivity index (χ2v) is 7.27. The normalized spacial score (nSPS) is 21.4. The van der Waals surface area contributed by atoms with Gasteiger partial charge in [0.25, 0.3) is 0 Å². The third kappa shape index (κ3) is 4.09. The van der Waals surface area contributed by atoms with E-state index in [1.807, 2.05) is 18.2 Å². The van der Waals surface area contributed by atoms with Crippen molar-refractivity contribution >= 4 is 38.3 Å². The number of nitrogens with one attached hydrogen (secondary N) is 2. The Balaban J connectivity index is 1.42. The van der Waals surface area contributed by atoms with Gasteiger partial charge in [-0.25, -0.2) is 4.98 Å². The number of hydrogen-bond donors (Lipinski definition) is 2. The van der Waals surface area contributed by atoms with Gasteiger partial charge in [0, 0.05) is 37.8 Å². The quantitative estimate of drug-likeness (QED) is 0.857. The molecule has 0 radical (unpaired) electrons. The zero-order valence-electron chi connectivity index (χ0n) is 14.0. The van der Waals surface area contributed by atoms with Crippen LogP contribution in [0, 0.1) is 0 Å². The highest BCUT2D eigenvalue weighted by Crippen LogP contribution is 2.31. The molecule has 2 N–H and O–H groups in total. The predicted octanol–water partition coefficient (Wildman–Crippen LogP) is 1.45.